The first-order valence-corrected chi connectivity index (χ1v) is 10.3. The predicted octanol–water partition coefficient (Wildman–Crippen LogP) is 3.26. The van der Waals surface area contributed by atoms with Crippen LogP contribution in [0.4, 0.5) is 11.5 Å². The van der Waals surface area contributed by atoms with Gasteiger partial charge in [0.15, 0.2) is 11.6 Å². The van der Waals surface area contributed by atoms with Gasteiger partial charge in [0, 0.05) is 23.0 Å². The number of hydrogen-bond acceptors (Lipinski definition) is 8. The molecule has 0 aliphatic rings. The van der Waals surface area contributed by atoms with Gasteiger partial charge < -0.3 is 15.2 Å². The van der Waals surface area contributed by atoms with Gasteiger partial charge in [-0.25, -0.2) is 14.6 Å². The van der Waals surface area contributed by atoms with Crippen LogP contribution in [0.1, 0.15) is 17.0 Å². The topological polar surface area (TPSA) is 116 Å². The first-order chi connectivity index (χ1) is 16.1. The number of rotatable bonds is 6. The fourth-order valence-corrected chi connectivity index (χ4v) is 3.55. The molecular formula is C23H22N8O2. The third kappa shape index (κ3) is 3.87. The summed E-state index contributed by atoms with van der Waals surface area (Å²) in [5.74, 6) is 2.34. The maximum absolute atomic E-state index is 9.85. The first kappa shape index (κ1) is 20.6. The Kier molecular flexibility index (Phi) is 5.19. The van der Waals surface area contributed by atoms with Crippen LogP contribution in [0.2, 0.25) is 0 Å². The van der Waals surface area contributed by atoms with Crippen molar-refractivity contribution >= 4 is 22.5 Å². The molecule has 4 heterocycles. The summed E-state index contributed by atoms with van der Waals surface area (Å²) in [5.41, 5.74) is 4.90. The lowest BCUT2D eigenvalue weighted by atomic mass is 10.2. The van der Waals surface area contributed by atoms with Gasteiger partial charge in [-0.15, -0.1) is 10.2 Å². The van der Waals surface area contributed by atoms with Crippen molar-refractivity contribution in [3.05, 3.63) is 71.8 Å². The standard InChI is InChI=1S/C23H22N8O2/c1-14-4-8-20(28-27-14)25-17-6-7-19-18(11-17)24-13-30(19)21-9-5-16(12-32)23(26-21)31-15(2)10-22(29-31)33-3/h4-11,13,32H,12H2,1-3H3,(H,25,28). The summed E-state index contributed by atoms with van der Waals surface area (Å²) in [6.07, 6.45) is 1.72. The van der Waals surface area contributed by atoms with Crippen molar-refractivity contribution in [3.8, 4) is 17.5 Å². The van der Waals surface area contributed by atoms with Crippen molar-refractivity contribution in [2.24, 2.45) is 0 Å². The molecule has 0 bridgehead atoms. The number of aryl methyl sites for hydroxylation is 2. The SMILES string of the molecule is COc1cc(C)n(-c2nc(-n3cnc4cc(Nc5ccc(C)nn5)ccc43)ccc2CO)n1. The Morgan fingerprint density at radius 1 is 1.03 bits per heavy atom. The van der Waals surface area contributed by atoms with E-state index in [0.29, 0.717) is 28.9 Å². The van der Waals surface area contributed by atoms with Crippen molar-refractivity contribution in [2.45, 2.75) is 20.5 Å². The number of benzene rings is 1. The summed E-state index contributed by atoms with van der Waals surface area (Å²) in [6.45, 7) is 3.64. The van der Waals surface area contributed by atoms with E-state index >= 15 is 0 Å². The van der Waals surface area contributed by atoms with E-state index < -0.39 is 0 Å². The van der Waals surface area contributed by atoms with Crippen LogP contribution in [0.3, 0.4) is 0 Å². The maximum atomic E-state index is 9.85. The third-order valence-electron chi connectivity index (χ3n) is 5.25. The Balaban J connectivity index is 1.52. The second-order valence-electron chi connectivity index (χ2n) is 7.55. The summed E-state index contributed by atoms with van der Waals surface area (Å²) in [6, 6.07) is 15.1. The molecule has 10 heteroatoms. The molecule has 166 valence electrons. The van der Waals surface area contributed by atoms with E-state index in [1.807, 2.05) is 66.9 Å². The van der Waals surface area contributed by atoms with Crippen LogP contribution in [0, 0.1) is 13.8 Å². The van der Waals surface area contributed by atoms with Gasteiger partial charge in [0.2, 0.25) is 5.88 Å². The maximum Gasteiger partial charge on any atom is 0.233 e. The highest BCUT2D eigenvalue weighted by Gasteiger charge is 2.15. The molecule has 0 fully saturated rings. The van der Waals surface area contributed by atoms with Gasteiger partial charge in [-0.2, -0.15) is 5.10 Å². The number of ether oxygens (including phenoxy) is 1. The van der Waals surface area contributed by atoms with E-state index in [1.54, 1.807) is 18.1 Å². The molecule has 5 rings (SSSR count). The van der Waals surface area contributed by atoms with E-state index in [-0.39, 0.29) is 6.61 Å². The molecule has 33 heavy (non-hydrogen) atoms. The van der Waals surface area contributed by atoms with Crippen LogP contribution in [0.15, 0.2) is 54.9 Å². The Morgan fingerprint density at radius 3 is 2.64 bits per heavy atom. The molecule has 0 saturated carbocycles. The summed E-state index contributed by atoms with van der Waals surface area (Å²) in [5, 5.41) is 25.7. The smallest absolute Gasteiger partial charge is 0.233 e. The first-order valence-electron chi connectivity index (χ1n) is 10.3. The molecule has 0 radical (unpaired) electrons. The Bertz CT molecular complexity index is 1440. The second kappa shape index (κ2) is 8.32. The van der Waals surface area contributed by atoms with Crippen LogP contribution in [-0.2, 0) is 6.61 Å². The van der Waals surface area contributed by atoms with Crippen molar-refractivity contribution in [1.29, 1.82) is 0 Å². The fourth-order valence-electron chi connectivity index (χ4n) is 3.55. The lowest BCUT2D eigenvalue weighted by molar-refractivity contribution is 0.280. The fraction of sp³-hybridized carbons (Fsp3) is 0.174. The van der Waals surface area contributed by atoms with Gasteiger partial charge in [-0.3, -0.25) is 4.57 Å². The molecule has 0 aliphatic carbocycles. The van der Waals surface area contributed by atoms with E-state index in [4.69, 9.17) is 9.72 Å². The zero-order valence-electron chi connectivity index (χ0n) is 18.4. The van der Waals surface area contributed by atoms with Crippen molar-refractivity contribution < 1.29 is 9.84 Å². The van der Waals surface area contributed by atoms with Gasteiger partial charge >= 0.3 is 0 Å². The highest BCUT2D eigenvalue weighted by molar-refractivity contribution is 5.82. The van der Waals surface area contributed by atoms with Crippen LogP contribution in [0.5, 0.6) is 5.88 Å². The summed E-state index contributed by atoms with van der Waals surface area (Å²) in [4.78, 5) is 9.33. The zero-order chi connectivity index (χ0) is 22.9. The van der Waals surface area contributed by atoms with E-state index in [2.05, 4.69) is 25.6 Å². The summed E-state index contributed by atoms with van der Waals surface area (Å²) in [7, 11) is 1.56. The molecule has 4 aromatic heterocycles. The summed E-state index contributed by atoms with van der Waals surface area (Å²) >= 11 is 0. The molecule has 0 unspecified atom stereocenters. The van der Waals surface area contributed by atoms with E-state index in [1.165, 1.54) is 0 Å². The molecule has 2 N–H and O–H groups in total. The Morgan fingerprint density at radius 2 is 1.91 bits per heavy atom. The minimum absolute atomic E-state index is 0.161. The number of aliphatic hydroxyl groups is 1. The number of nitrogens with zero attached hydrogens (tertiary/aromatic N) is 7. The molecule has 0 aliphatic heterocycles. The number of fused-ring (bicyclic) bond motifs is 1. The van der Waals surface area contributed by atoms with Crippen molar-refractivity contribution in [1.82, 2.24) is 34.5 Å². The number of aromatic nitrogens is 7. The van der Waals surface area contributed by atoms with E-state index in [9.17, 15) is 5.11 Å². The molecule has 0 spiro atoms. The number of anilines is 2. The number of aliphatic hydroxyl groups excluding tert-OH is 1. The number of pyridine rings is 1. The average Bonchev–Trinajstić information content (AvgIpc) is 3.43. The quantitative estimate of drug-likeness (QED) is 0.412. The molecule has 0 atom stereocenters. The average molecular weight is 442 g/mol. The normalized spacial score (nSPS) is 11.2. The Hall–Kier alpha value is -4.31. The molecule has 10 nitrogen and oxygen atoms in total. The van der Waals surface area contributed by atoms with Gasteiger partial charge in [0.25, 0.3) is 0 Å². The largest absolute Gasteiger partial charge is 0.480 e. The van der Waals surface area contributed by atoms with Crippen LogP contribution >= 0.6 is 0 Å². The molecular weight excluding hydrogens is 420 g/mol. The second-order valence-corrected chi connectivity index (χ2v) is 7.55. The van der Waals surface area contributed by atoms with Gasteiger partial charge in [-0.05, 0) is 56.3 Å². The third-order valence-corrected chi connectivity index (χ3v) is 5.25. The highest BCUT2D eigenvalue weighted by Crippen LogP contribution is 2.25. The molecule has 0 amide bonds. The van der Waals surface area contributed by atoms with Crippen molar-refractivity contribution in [2.75, 3.05) is 12.4 Å². The number of hydrogen-bond donors (Lipinski definition) is 2. The van der Waals surface area contributed by atoms with Crippen LogP contribution in [-0.4, -0.2) is 46.7 Å². The molecule has 5 aromatic rings. The summed E-state index contributed by atoms with van der Waals surface area (Å²) < 4.78 is 8.80. The van der Waals surface area contributed by atoms with Crippen LogP contribution < -0.4 is 10.1 Å². The molecule has 1 aromatic carbocycles. The monoisotopic (exact) mass is 442 g/mol. The van der Waals surface area contributed by atoms with Crippen LogP contribution in [0.25, 0.3) is 22.7 Å². The molecule has 0 saturated heterocycles. The number of methoxy groups -OCH3 is 1. The minimum Gasteiger partial charge on any atom is -0.480 e. The minimum atomic E-state index is -0.161. The van der Waals surface area contributed by atoms with Crippen molar-refractivity contribution in [3.63, 3.8) is 0 Å². The van der Waals surface area contributed by atoms with Gasteiger partial charge in [0.05, 0.1) is 30.4 Å². The highest BCUT2D eigenvalue weighted by atomic mass is 16.5. The zero-order valence-corrected chi connectivity index (χ0v) is 18.4. The van der Waals surface area contributed by atoms with Gasteiger partial charge in [0.1, 0.15) is 12.1 Å². The van der Waals surface area contributed by atoms with E-state index in [0.717, 1.165) is 28.1 Å². The predicted molar refractivity (Wildman–Crippen MR) is 123 cm³/mol. The number of imidazole rings is 1. The van der Waals surface area contributed by atoms with Gasteiger partial charge in [-0.1, -0.05) is 0 Å². The Labute approximate surface area is 189 Å². The number of nitrogens with one attached hydrogen (secondary N) is 1. The lowest BCUT2D eigenvalue weighted by Gasteiger charge is -2.12. The lowest BCUT2D eigenvalue weighted by Crippen LogP contribution is -2.09.